The van der Waals surface area contributed by atoms with E-state index in [1.807, 2.05) is 38.1 Å². The number of primary amides is 1. The number of fused-ring (bicyclic) bond motifs is 4. The molecule has 0 aromatic heterocycles. The molecule has 0 saturated carbocycles. The molecule has 102 valence electrons. The monoisotopic (exact) mass is 275 g/mol. The Kier molecular flexibility index (Phi) is 2.22. The van der Waals surface area contributed by atoms with Gasteiger partial charge >= 0.3 is 0 Å². The molecular formula is C17H13N3O. The number of hydrogen-bond donors (Lipinski definition) is 1. The summed E-state index contributed by atoms with van der Waals surface area (Å²) in [5.74, 6) is -0.486. The van der Waals surface area contributed by atoms with Gasteiger partial charge in [0.25, 0.3) is 5.91 Å². The largest absolute Gasteiger partial charge is 0.364 e. The van der Waals surface area contributed by atoms with E-state index in [2.05, 4.69) is 11.1 Å². The van der Waals surface area contributed by atoms with Crippen LogP contribution in [-0.2, 0) is 4.79 Å². The summed E-state index contributed by atoms with van der Waals surface area (Å²) in [6, 6.07) is 10.1. The van der Waals surface area contributed by atoms with E-state index in [1.54, 1.807) is 0 Å². The molecule has 0 saturated heterocycles. The lowest BCUT2D eigenvalue weighted by atomic mass is 9.96. The highest BCUT2D eigenvalue weighted by Gasteiger charge is 2.24. The fraction of sp³-hybridized carbons (Fsp3) is 0.118. The zero-order chi connectivity index (χ0) is 14.7. The van der Waals surface area contributed by atoms with Crippen LogP contribution >= 0.6 is 0 Å². The van der Waals surface area contributed by atoms with Crippen LogP contribution in [0.3, 0.4) is 0 Å². The lowest BCUT2D eigenvalue weighted by Crippen LogP contribution is -2.18. The topological polar surface area (TPSA) is 67.8 Å². The van der Waals surface area contributed by atoms with Crippen molar-refractivity contribution in [1.82, 2.24) is 0 Å². The normalized spacial score (nSPS) is 14.2. The smallest absolute Gasteiger partial charge is 0.267 e. The first-order valence-corrected chi connectivity index (χ1v) is 6.79. The molecule has 2 heterocycles. The number of para-hydroxylation sites is 1. The third-order valence-electron chi connectivity index (χ3n) is 4.14. The molecule has 2 aromatic rings. The Morgan fingerprint density at radius 2 is 1.86 bits per heavy atom. The predicted molar refractivity (Wildman–Crippen MR) is 80.4 cm³/mol. The van der Waals surface area contributed by atoms with Crippen molar-refractivity contribution >= 4 is 17.2 Å². The molecule has 0 radical (unpaired) electrons. The van der Waals surface area contributed by atoms with E-state index in [-0.39, 0.29) is 0 Å². The Bertz CT molecular complexity index is 984. The number of nitrogens with two attached hydrogens (primary N) is 1. The first-order chi connectivity index (χ1) is 10.1. The zero-order valence-electron chi connectivity index (χ0n) is 11.8. The molecule has 4 rings (SSSR count). The summed E-state index contributed by atoms with van der Waals surface area (Å²) in [6.07, 6.45) is 0. The van der Waals surface area contributed by atoms with E-state index in [0.717, 1.165) is 44.2 Å². The van der Waals surface area contributed by atoms with E-state index in [0.29, 0.717) is 5.70 Å². The molecule has 0 unspecified atom stereocenters. The van der Waals surface area contributed by atoms with Crippen LogP contribution in [-0.4, -0.2) is 5.91 Å². The molecule has 1 amide bonds. The van der Waals surface area contributed by atoms with Crippen molar-refractivity contribution in [2.45, 2.75) is 13.8 Å². The van der Waals surface area contributed by atoms with E-state index in [9.17, 15) is 4.79 Å². The number of allylic oxidation sites excluding steroid dienone is 1. The maximum absolute atomic E-state index is 11.5. The third-order valence-corrected chi connectivity index (χ3v) is 4.14. The highest BCUT2D eigenvalue weighted by atomic mass is 16.1. The van der Waals surface area contributed by atoms with Gasteiger partial charge in [0.1, 0.15) is 5.70 Å². The van der Waals surface area contributed by atoms with Gasteiger partial charge in [-0.15, -0.1) is 0 Å². The van der Waals surface area contributed by atoms with Gasteiger partial charge < -0.3 is 5.73 Å². The van der Waals surface area contributed by atoms with Crippen molar-refractivity contribution in [3.8, 4) is 11.1 Å². The molecule has 0 aliphatic carbocycles. The number of rotatable bonds is 1. The lowest BCUT2D eigenvalue weighted by molar-refractivity contribution is -0.114. The number of benzene rings is 2. The fourth-order valence-corrected chi connectivity index (χ4v) is 3.18. The van der Waals surface area contributed by atoms with Crippen molar-refractivity contribution in [2.24, 2.45) is 15.7 Å². The van der Waals surface area contributed by atoms with E-state index in [1.165, 1.54) is 0 Å². The quantitative estimate of drug-likeness (QED) is 0.722. The van der Waals surface area contributed by atoms with Gasteiger partial charge in [0, 0.05) is 16.7 Å². The Hall–Kier alpha value is -2.75. The molecule has 4 heteroatoms. The van der Waals surface area contributed by atoms with Gasteiger partial charge in [-0.3, -0.25) is 4.79 Å². The van der Waals surface area contributed by atoms with Gasteiger partial charge in [-0.25, -0.2) is 9.98 Å². The van der Waals surface area contributed by atoms with Crippen LogP contribution in [0.25, 0.3) is 16.7 Å². The predicted octanol–water partition coefficient (Wildman–Crippen LogP) is 1.78. The minimum Gasteiger partial charge on any atom is -0.364 e. The summed E-state index contributed by atoms with van der Waals surface area (Å²) in [5, 5.41) is 1.78. The minimum absolute atomic E-state index is 0.352. The molecule has 0 bridgehead atoms. The first kappa shape index (κ1) is 12.0. The van der Waals surface area contributed by atoms with Crippen molar-refractivity contribution in [2.75, 3.05) is 0 Å². The van der Waals surface area contributed by atoms with E-state index >= 15 is 0 Å². The van der Waals surface area contributed by atoms with Crippen LogP contribution in [0, 0.1) is 6.92 Å². The molecule has 0 atom stereocenters. The van der Waals surface area contributed by atoms with Crippen molar-refractivity contribution in [1.29, 1.82) is 0 Å². The van der Waals surface area contributed by atoms with Crippen molar-refractivity contribution in [3.05, 3.63) is 57.9 Å². The highest BCUT2D eigenvalue weighted by Crippen LogP contribution is 2.33. The summed E-state index contributed by atoms with van der Waals surface area (Å²) in [7, 11) is 0. The maximum atomic E-state index is 11.5. The molecule has 2 aliphatic rings. The number of carbonyl (C=O) groups is 1. The Labute approximate surface area is 121 Å². The average Bonchev–Trinajstić information content (AvgIpc) is 2.99. The second-order valence-corrected chi connectivity index (χ2v) is 5.37. The molecule has 2 aromatic carbocycles. The van der Waals surface area contributed by atoms with Gasteiger partial charge in [0.2, 0.25) is 0 Å². The van der Waals surface area contributed by atoms with Gasteiger partial charge in [0.15, 0.2) is 0 Å². The number of carbonyl (C=O) groups excluding carboxylic acids is 1. The number of nitrogens with zero attached hydrogens (tertiary/aromatic N) is 2. The fourth-order valence-electron chi connectivity index (χ4n) is 3.18. The Balaban J connectivity index is 2.09. The van der Waals surface area contributed by atoms with Crippen LogP contribution in [0.5, 0.6) is 0 Å². The zero-order valence-corrected chi connectivity index (χ0v) is 11.8. The molecule has 4 nitrogen and oxygen atoms in total. The molecule has 0 fully saturated rings. The average molecular weight is 275 g/mol. The van der Waals surface area contributed by atoms with Crippen LogP contribution in [0.2, 0.25) is 0 Å². The van der Waals surface area contributed by atoms with Gasteiger partial charge in [-0.1, -0.05) is 18.2 Å². The van der Waals surface area contributed by atoms with Crippen LogP contribution in [0.15, 0.2) is 46.0 Å². The lowest BCUT2D eigenvalue weighted by Gasteiger charge is -2.05. The van der Waals surface area contributed by atoms with E-state index in [4.69, 9.17) is 10.7 Å². The summed E-state index contributed by atoms with van der Waals surface area (Å²) >= 11 is 0. The molecular weight excluding hydrogens is 262 g/mol. The van der Waals surface area contributed by atoms with Crippen LogP contribution < -0.4 is 16.4 Å². The second-order valence-electron chi connectivity index (χ2n) is 5.37. The SMILES string of the molecule is CC1=C(C(N)=O)N=c2cc3c(c(C)c21)=Nc1ccccc1-3. The molecule has 21 heavy (non-hydrogen) atoms. The molecule has 0 spiro atoms. The summed E-state index contributed by atoms with van der Waals surface area (Å²) in [5.41, 5.74) is 11.8. The second kappa shape index (κ2) is 3.88. The van der Waals surface area contributed by atoms with E-state index < -0.39 is 5.91 Å². The molecule has 2 N–H and O–H groups in total. The minimum atomic E-state index is -0.486. The first-order valence-electron chi connectivity index (χ1n) is 6.79. The maximum Gasteiger partial charge on any atom is 0.267 e. The van der Waals surface area contributed by atoms with Crippen molar-refractivity contribution in [3.63, 3.8) is 0 Å². The summed E-state index contributed by atoms with van der Waals surface area (Å²) in [4.78, 5) is 20.6. The summed E-state index contributed by atoms with van der Waals surface area (Å²) in [6.45, 7) is 3.91. The molecule has 2 aliphatic heterocycles. The van der Waals surface area contributed by atoms with Gasteiger partial charge in [0.05, 0.1) is 16.4 Å². The van der Waals surface area contributed by atoms with Crippen LogP contribution in [0.1, 0.15) is 18.1 Å². The van der Waals surface area contributed by atoms with Gasteiger partial charge in [-0.2, -0.15) is 0 Å². The van der Waals surface area contributed by atoms with Crippen LogP contribution in [0.4, 0.5) is 5.69 Å². The van der Waals surface area contributed by atoms with Crippen molar-refractivity contribution < 1.29 is 4.79 Å². The summed E-state index contributed by atoms with van der Waals surface area (Å²) < 4.78 is 0. The highest BCUT2D eigenvalue weighted by molar-refractivity contribution is 6.01. The van der Waals surface area contributed by atoms with Gasteiger partial charge in [-0.05, 0) is 37.1 Å². The number of hydrogen-bond acceptors (Lipinski definition) is 3. The third kappa shape index (κ3) is 1.47. The Morgan fingerprint density at radius 1 is 1.10 bits per heavy atom. The number of amides is 1. The Morgan fingerprint density at radius 3 is 2.62 bits per heavy atom. The standard InChI is InChI=1S/C17H13N3O/c1-8-14-9(2)16(17(18)21)20-13(14)7-11-10-5-3-4-6-12(10)19-15(8)11/h3-7H,1-2H3,(H2,18,21).